The molecule has 1 aromatic heterocycles. The van der Waals surface area contributed by atoms with Gasteiger partial charge in [0.1, 0.15) is 12.1 Å². The number of hydrogen-bond donors (Lipinski definition) is 3. The summed E-state index contributed by atoms with van der Waals surface area (Å²) in [6, 6.07) is 16.1. The molecule has 0 spiro atoms. The predicted molar refractivity (Wildman–Crippen MR) is 124 cm³/mol. The van der Waals surface area contributed by atoms with Gasteiger partial charge in [0.25, 0.3) is 11.9 Å². The summed E-state index contributed by atoms with van der Waals surface area (Å²) in [7, 11) is 0. The molecule has 35 heavy (non-hydrogen) atoms. The summed E-state index contributed by atoms with van der Waals surface area (Å²) >= 11 is 0. The molecule has 1 saturated carbocycles. The Labute approximate surface area is 200 Å². The van der Waals surface area contributed by atoms with Crippen molar-refractivity contribution in [1.82, 2.24) is 20.1 Å². The number of amides is 2. The van der Waals surface area contributed by atoms with Gasteiger partial charge in [0.05, 0.1) is 0 Å². The highest BCUT2D eigenvalue weighted by atomic mass is 16.5. The molecule has 3 fully saturated rings. The zero-order chi connectivity index (χ0) is 24.4. The average Bonchev–Trinajstić information content (AvgIpc) is 3.56. The summed E-state index contributed by atoms with van der Waals surface area (Å²) in [5.41, 5.74) is 3.05. The Kier molecular flexibility index (Phi) is 4.51. The zero-order valence-corrected chi connectivity index (χ0v) is 18.9. The fraction of sp³-hybridized carbons (Fsp3) is 0.320. The third kappa shape index (κ3) is 3.20. The molecule has 178 valence electrons. The molecular formula is C25H23N5O5. The second-order valence-corrected chi connectivity index (χ2v) is 9.85. The number of aromatic nitrogens is 3. The lowest BCUT2D eigenvalue weighted by Gasteiger charge is -2.42. The topological polar surface area (TPSA) is 138 Å². The van der Waals surface area contributed by atoms with Crippen LogP contribution in [0, 0.1) is 5.41 Å². The Bertz CT molecular complexity index is 1330. The Balaban J connectivity index is 1.12. The lowest BCUT2D eigenvalue weighted by Crippen LogP contribution is -2.56. The molecule has 2 aliphatic carbocycles. The maximum Gasteiger partial charge on any atom is 0.414 e. The van der Waals surface area contributed by atoms with Gasteiger partial charge in [-0.15, -0.1) is 5.10 Å². The number of nitrogens with one attached hydrogen (secondary N) is 2. The van der Waals surface area contributed by atoms with Crippen LogP contribution in [0.1, 0.15) is 47.4 Å². The van der Waals surface area contributed by atoms with Crippen LogP contribution in [0.15, 0.2) is 48.5 Å². The third-order valence-electron chi connectivity index (χ3n) is 7.38. The van der Waals surface area contributed by atoms with Crippen molar-refractivity contribution < 1.29 is 24.2 Å². The number of carbonyl (C=O) groups is 3. The summed E-state index contributed by atoms with van der Waals surface area (Å²) < 4.78 is 5.48. The van der Waals surface area contributed by atoms with Crippen LogP contribution < -0.4 is 5.32 Å². The molecule has 2 aromatic carbocycles. The van der Waals surface area contributed by atoms with E-state index < -0.39 is 23.5 Å². The Hall–Kier alpha value is -4.21. The van der Waals surface area contributed by atoms with Crippen molar-refractivity contribution in [1.29, 1.82) is 0 Å². The maximum absolute atomic E-state index is 13.0. The first-order chi connectivity index (χ1) is 16.8. The number of carboxylic acids is 1. The number of benzene rings is 2. The summed E-state index contributed by atoms with van der Waals surface area (Å²) in [6.07, 6.45) is 0.0861. The number of carboxylic acid groups (broad SMARTS) is 1. The van der Waals surface area contributed by atoms with Gasteiger partial charge in [-0.3, -0.25) is 15.2 Å². The van der Waals surface area contributed by atoms with Crippen LogP contribution in [0.2, 0.25) is 0 Å². The summed E-state index contributed by atoms with van der Waals surface area (Å²) in [6.45, 7) is 2.43. The molecule has 2 bridgehead atoms. The lowest BCUT2D eigenvalue weighted by atomic mass is 9.63. The number of anilines is 1. The van der Waals surface area contributed by atoms with Crippen LogP contribution in [0.3, 0.4) is 0 Å². The Morgan fingerprint density at radius 2 is 1.74 bits per heavy atom. The normalized spacial score (nSPS) is 23.9. The highest BCUT2D eigenvalue weighted by molar-refractivity contribution is 5.97. The first-order valence-electron chi connectivity index (χ1n) is 11.4. The predicted octanol–water partition coefficient (Wildman–Crippen LogP) is 3.25. The van der Waals surface area contributed by atoms with Gasteiger partial charge in [-0.05, 0) is 40.5 Å². The number of H-pyrrole nitrogens is 1. The van der Waals surface area contributed by atoms with Crippen molar-refractivity contribution in [2.75, 3.05) is 18.5 Å². The molecule has 0 unspecified atom stereocenters. The number of hydrogen-bond acceptors (Lipinski definition) is 6. The molecule has 7 rings (SSSR count). The van der Waals surface area contributed by atoms with Crippen molar-refractivity contribution in [3.8, 4) is 11.1 Å². The van der Waals surface area contributed by atoms with E-state index in [-0.39, 0.29) is 29.7 Å². The van der Waals surface area contributed by atoms with Crippen molar-refractivity contribution in [2.45, 2.75) is 31.2 Å². The Morgan fingerprint density at radius 3 is 2.37 bits per heavy atom. The second kappa shape index (κ2) is 7.39. The van der Waals surface area contributed by atoms with E-state index >= 15 is 0 Å². The van der Waals surface area contributed by atoms with E-state index in [1.165, 1.54) is 4.90 Å². The molecule has 3 N–H and O–H groups in total. The summed E-state index contributed by atoms with van der Waals surface area (Å²) in [5, 5.41) is 18.5. The van der Waals surface area contributed by atoms with Crippen molar-refractivity contribution in [3.05, 3.63) is 65.5 Å². The molecule has 0 radical (unpaired) electrons. The van der Waals surface area contributed by atoms with Crippen molar-refractivity contribution >= 4 is 23.9 Å². The maximum atomic E-state index is 13.0. The van der Waals surface area contributed by atoms with E-state index in [9.17, 15) is 19.5 Å². The number of aromatic amines is 1. The molecule has 3 heterocycles. The van der Waals surface area contributed by atoms with Gasteiger partial charge in [0.15, 0.2) is 0 Å². The zero-order valence-electron chi connectivity index (χ0n) is 18.9. The molecule has 2 aliphatic heterocycles. The smallest absolute Gasteiger partial charge is 0.414 e. The molecule has 2 saturated heterocycles. The molecule has 4 aliphatic rings. The van der Waals surface area contributed by atoms with Crippen LogP contribution in [0.4, 0.5) is 10.7 Å². The van der Waals surface area contributed by atoms with Crippen molar-refractivity contribution in [2.24, 2.45) is 5.41 Å². The minimum absolute atomic E-state index is 0.0901. The number of fused-ring (bicyclic) bond motifs is 4. The summed E-state index contributed by atoms with van der Waals surface area (Å²) in [4.78, 5) is 42.6. The van der Waals surface area contributed by atoms with E-state index in [2.05, 4.69) is 32.6 Å². The van der Waals surface area contributed by atoms with E-state index in [0.29, 0.717) is 19.4 Å². The van der Waals surface area contributed by atoms with Crippen LogP contribution >= 0.6 is 0 Å². The summed E-state index contributed by atoms with van der Waals surface area (Å²) in [5.74, 6) is -1.91. The minimum atomic E-state index is -1.20. The van der Waals surface area contributed by atoms with Crippen LogP contribution in [0.5, 0.6) is 0 Å². The number of ether oxygens (including phenoxy) is 1. The lowest BCUT2D eigenvalue weighted by molar-refractivity contribution is -0.153. The molecular weight excluding hydrogens is 450 g/mol. The first kappa shape index (κ1) is 21.3. The molecule has 10 heteroatoms. The van der Waals surface area contributed by atoms with E-state index in [0.717, 1.165) is 22.3 Å². The van der Waals surface area contributed by atoms with Gasteiger partial charge < -0.3 is 14.7 Å². The fourth-order valence-corrected chi connectivity index (χ4v) is 6.00. The number of nitrogens with zero attached hydrogens (tertiary/aromatic N) is 3. The highest BCUT2D eigenvalue weighted by Gasteiger charge is 2.69. The van der Waals surface area contributed by atoms with Gasteiger partial charge in [0, 0.05) is 12.5 Å². The largest absolute Gasteiger partial charge is 0.479 e. The molecule has 10 nitrogen and oxygen atoms in total. The van der Waals surface area contributed by atoms with E-state index in [4.69, 9.17) is 4.74 Å². The van der Waals surface area contributed by atoms with Gasteiger partial charge >= 0.3 is 12.1 Å². The van der Waals surface area contributed by atoms with Crippen LogP contribution in [-0.2, 0) is 9.53 Å². The van der Waals surface area contributed by atoms with Gasteiger partial charge in [-0.1, -0.05) is 55.5 Å². The van der Waals surface area contributed by atoms with E-state index in [1.54, 1.807) is 0 Å². The van der Waals surface area contributed by atoms with Gasteiger partial charge in [-0.2, -0.15) is 4.98 Å². The second-order valence-electron chi connectivity index (χ2n) is 9.85. The number of carbonyl (C=O) groups excluding carboxylic acids is 2. The molecule has 0 atom stereocenters. The number of aliphatic carboxylic acids is 1. The van der Waals surface area contributed by atoms with Gasteiger partial charge in [0.2, 0.25) is 5.82 Å². The SMILES string of the molecule is CC12CN(C(=O)c3nc(NC(=O)OCC4c5ccccc5-c5ccccc54)n[nH]3)C(C(=O)O)(C1)C2. The van der Waals surface area contributed by atoms with Gasteiger partial charge in [-0.25, -0.2) is 9.59 Å². The number of rotatable bonds is 5. The third-order valence-corrected chi connectivity index (χ3v) is 7.38. The highest BCUT2D eigenvalue weighted by Crippen LogP contribution is 2.59. The minimum Gasteiger partial charge on any atom is -0.479 e. The van der Waals surface area contributed by atoms with Crippen LogP contribution in [-0.4, -0.2) is 61.8 Å². The van der Waals surface area contributed by atoms with E-state index in [1.807, 2.05) is 43.3 Å². The average molecular weight is 473 g/mol. The van der Waals surface area contributed by atoms with Crippen molar-refractivity contribution in [3.63, 3.8) is 0 Å². The fourth-order valence-electron chi connectivity index (χ4n) is 6.00. The monoisotopic (exact) mass is 473 g/mol. The standard InChI is InChI=1S/C25H23N5O5/c1-24-11-25(12-24,21(32)33)30(13-24)20(31)19-26-22(29-28-19)27-23(34)35-10-18-16-8-4-2-6-14(16)15-7-3-5-9-17(15)18/h2-9,18H,10-13H2,1H3,(H,32,33)(H2,26,27,28,29,34). The first-order valence-corrected chi connectivity index (χ1v) is 11.4. The Morgan fingerprint density at radius 1 is 1.11 bits per heavy atom. The molecule has 2 amide bonds. The quantitative estimate of drug-likeness (QED) is 0.517. The van der Waals surface area contributed by atoms with Crippen LogP contribution in [0.25, 0.3) is 11.1 Å². The molecule has 3 aromatic rings.